The van der Waals surface area contributed by atoms with Gasteiger partial charge in [0.15, 0.2) is 17.6 Å². The van der Waals surface area contributed by atoms with Gasteiger partial charge in [-0.25, -0.2) is 28.7 Å². The minimum Gasteiger partial charge on any atom is -0.478 e. The molecule has 1 saturated heterocycles. The number of hydrogen-bond acceptors (Lipinski definition) is 11. The number of hydrogen-bond donors (Lipinski definition) is 1. The second-order valence-electron chi connectivity index (χ2n) is 9.17. The van der Waals surface area contributed by atoms with Gasteiger partial charge in [-0.15, -0.1) is 10.2 Å². The highest BCUT2D eigenvalue weighted by molar-refractivity contribution is 6.32. The van der Waals surface area contributed by atoms with Crippen molar-refractivity contribution in [3.63, 3.8) is 0 Å². The number of halogens is 3. The molecule has 1 atom stereocenters. The molecule has 6 rings (SSSR count). The third kappa shape index (κ3) is 4.98. The molecule has 1 aliphatic heterocycles. The van der Waals surface area contributed by atoms with Crippen LogP contribution in [0.4, 0.5) is 20.3 Å². The second kappa shape index (κ2) is 10.3. The van der Waals surface area contributed by atoms with Crippen LogP contribution in [0.25, 0.3) is 16.7 Å². The molecule has 0 radical (unpaired) electrons. The number of anilines is 2. The zero-order valence-corrected chi connectivity index (χ0v) is 22.0. The minimum atomic E-state index is -3.08. The van der Waals surface area contributed by atoms with Crippen molar-refractivity contribution in [3.05, 3.63) is 54.5 Å². The molecule has 1 aromatic carbocycles. The number of pyridine rings is 1. The van der Waals surface area contributed by atoms with Gasteiger partial charge in [0.1, 0.15) is 24.2 Å². The molecule has 4 aromatic heterocycles. The summed E-state index contributed by atoms with van der Waals surface area (Å²) in [6, 6.07) is 5.03. The highest BCUT2D eigenvalue weighted by atomic mass is 35.5. The van der Waals surface area contributed by atoms with E-state index in [1.807, 2.05) is 0 Å². The third-order valence-corrected chi connectivity index (χ3v) is 6.63. The van der Waals surface area contributed by atoms with E-state index in [1.54, 1.807) is 40.7 Å². The van der Waals surface area contributed by atoms with Gasteiger partial charge in [0.05, 0.1) is 48.2 Å². The lowest BCUT2D eigenvalue weighted by Crippen LogP contribution is -2.52. The Kier molecular flexibility index (Phi) is 6.64. The Balaban J connectivity index is 1.31. The van der Waals surface area contributed by atoms with E-state index in [4.69, 9.17) is 25.8 Å². The zero-order valence-electron chi connectivity index (χ0n) is 21.3. The van der Waals surface area contributed by atoms with Gasteiger partial charge in [-0.3, -0.25) is 4.40 Å². The predicted octanol–water partition coefficient (Wildman–Crippen LogP) is 4.38. The van der Waals surface area contributed by atoms with E-state index < -0.39 is 18.6 Å². The van der Waals surface area contributed by atoms with Crippen molar-refractivity contribution in [1.82, 2.24) is 39.4 Å². The molecule has 1 aliphatic rings. The molecular formula is C25H22ClF2N9O3. The van der Waals surface area contributed by atoms with Crippen molar-refractivity contribution in [2.24, 2.45) is 0 Å². The van der Waals surface area contributed by atoms with Crippen LogP contribution in [0, 0.1) is 0 Å². The number of alkyl halides is 2. The lowest BCUT2D eigenvalue weighted by molar-refractivity contribution is -0.135. The summed E-state index contributed by atoms with van der Waals surface area (Å²) >= 11 is 6.52. The van der Waals surface area contributed by atoms with Crippen molar-refractivity contribution in [3.8, 4) is 23.1 Å². The van der Waals surface area contributed by atoms with E-state index in [0.717, 1.165) is 0 Å². The number of rotatable bonds is 7. The summed E-state index contributed by atoms with van der Waals surface area (Å²) in [5.41, 5.74) is 0.934. The van der Waals surface area contributed by atoms with Crippen LogP contribution < -0.4 is 19.5 Å². The SMILES string of the molecule is COc1ncc2ncnc(Nc3ccc(Oc4cnc5nncn5c4)c(Cl)c3)c2c1O[C@@H]1CCN(C)CC1(F)F. The molecule has 0 saturated carbocycles. The summed E-state index contributed by atoms with van der Waals surface area (Å²) in [5, 5.41) is 11.5. The van der Waals surface area contributed by atoms with E-state index >= 15 is 0 Å². The fourth-order valence-corrected chi connectivity index (χ4v) is 4.64. The van der Waals surface area contributed by atoms with Crippen molar-refractivity contribution in [1.29, 1.82) is 0 Å². The molecule has 1 N–H and O–H groups in total. The van der Waals surface area contributed by atoms with E-state index in [1.165, 1.54) is 32.2 Å². The maximum atomic E-state index is 14.9. The van der Waals surface area contributed by atoms with Crippen LogP contribution in [0.2, 0.25) is 5.02 Å². The molecule has 0 spiro atoms. The van der Waals surface area contributed by atoms with Gasteiger partial charge in [-0.05, 0) is 25.2 Å². The normalized spacial score (nSPS) is 17.2. The summed E-state index contributed by atoms with van der Waals surface area (Å²) in [7, 11) is 3.04. The van der Waals surface area contributed by atoms with Crippen LogP contribution in [0.5, 0.6) is 23.1 Å². The highest BCUT2D eigenvalue weighted by Crippen LogP contribution is 2.41. The molecule has 40 heavy (non-hydrogen) atoms. The molecule has 5 heterocycles. The van der Waals surface area contributed by atoms with Crippen molar-refractivity contribution in [2.45, 2.75) is 18.4 Å². The average Bonchev–Trinajstić information content (AvgIpc) is 3.39. The van der Waals surface area contributed by atoms with Crippen molar-refractivity contribution < 1.29 is 23.0 Å². The van der Waals surface area contributed by atoms with Gasteiger partial charge in [0, 0.05) is 18.7 Å². The first-order valence-corrected chi connectivity index (χ1v) is 12.5. The van der Waals surface area contributed by atoms with Crippen LogP contribution in [-0.2, 0) is 0 Å². The highest BCUT2D eigenvalue weighted by Gasteiger charge is 2.46. The van der Waals surface area contributed by atoms with Gasteiger partial charge >= 0.3 is 0 Å². The first kappa shape index (κ1) is 25.8. The zero-order chi connectivity index (χ0) is 27.9. The molecule has 5 aromatic rings. The summed E-state index contributed by atoms with van der Waals surface area (Å²) < 4.78 is 48.5. The summed E-state index contributed by atoms with van der Waals surface area (Å²) in [4.78, 5) is 18.5. The van der Waals surface area contributed by atoms with Crippen LogP contribution in [-0.4, -0.2) is 78.7 Å². The van der Waals surface area contributed by atoms with Crippen LogP contribution in [0.1, 0.15) is 6.42 Å². The lowest BCUT2D eigenvalue weighted by atomic mass is 10.0. The molecule has 12 nitrogen and oxygen atoms in total. The quantitative estimate of drug-likeness (QED) is 0.300. The molecule has 206 valence electrons. The van der Waals surface area contributed by atoms with Crippen molar-refractivity contribution >= 4 is 39.8 Å². The fraction of sp³-hybridized carbons (Fsp3) is 0.280. The fourth-order valence-electron chi connectivity index (χ4n) is 4.42. The predicted molar refractivity (Wildman–Crippen MR) is 141 cm³/mol. The number of fused-ring (bicyclic) bond motifs is 2. The van der Waals surface area contributed by atoms with Crippen LogP contribution >= 0.6 is 11.6 Å². The Morgan fingerprint density at radius 2 is 2.02 bits per heavy atom. The number of benzene rings is 1. The Morgan fingerprint density at radius 3 is 2.83 bits per heavy atom. The van der Waals surface area contributed by atoms with Gasteiger partial charge in [-0.1, -0.05) is 11.6 Å². The molecule has 0 bridgehead atoms. The first-order valence-electron chi connectivity index (χ1n) is 12.1. The Hall–Kier alpha value is -4.43. The topological polar surface area (TPSA) is 125 Å². The van der Waals surface area contributed by atoms with Gasteiger partial charge in [0.25, 0.3) is 17.6 Å². The van der Waals surface area contributed by atoms with E-state index in [2.05, 4.69) is 35.5 Å². The summed E-state index contributed by atoms with van der Waals surface area (Å²) in [6.07, 6.45) is 6.23. The smallest absolute Gasteiger partial charge is 0.296 e. The lowest BCUT2D eigenvalue weighted by Gasteiger charge is -2.36. The van der Waals surface area contributed by atoms with Gasteiger partial charge in [0.2, 0.25) is 0 Å². The number of nitrogens with one attached hydrogen (secondary N) is 1. The standard InChI is InChI=1S/C25H22ClF2N9O3/c1-36-6-5-19(25(27,28)11-36)40-21-20-17(9-29-23(21)38-2)31-12-32-22(20)34-14-3-4-18(16(26)7-14)39-15-8-30-24-35-33-13-37(24)10-15/h3-4,7-10,12-13,19H,5-6,11H2,1-2H3,(H,31,32,34)/t19-/m1/s1. The number of methoxy groups -OCH3 is 1. The summed E-state index contributed by atoms with van der Waals surface area (Å²) in [6.45, 7) is 0.0360. The van der Waals surface area contributed by atoms with E-state index in [9.17, 15) is 8.78 Å². The van der Waals surface area contributed by atoms with E-state index in [0.29, 0.717) is 51.3 Å². The summed E-state index contributed by atoms with van der Waals surface area (Å²) in [5.74, 6) is -1.46. The van der Waals surface area contributed by atoms with Crippen LogP contribution in [0.3, 0.4) is 0 Å². The Labute approximate surface area is 230 Å². The maximum Gasteiger partial charge on any atom is 0.296 e. The minimum absolute atomic E-state index is 0.0280. The molecule has 0 amide bonds. The number of nitrogens with zero attached hydrogens (tertiary/aromatic N) is 8. The maximum absolute atomic E-state index is 14.9. The molecule has 0 aliphatic carbocycles. The molecule has 1 fully saturated rings. The first-order chi connectivity index (χ1) is 19.3. The second-order valence-corrected chi connectivity index (χ2v) is 9.58. The average molecular weight is 570 g/mol. The number of piperidine rings is 1. The largest absolute Gasteiger partial charge is 0.478 e. The number of ether oxygens (including phenoxy) is 3. The third-order valence-electron chi connectivity index (χ3n) is 6.33. The van der Waals surface area contributed by atoms with Crippen LogP contribution in [0.15, 0.2) is 49.4 Å². The van der Waals surface area contributed by atoms with Gasteiger partial charge in [-0.2, -0.15) is 0 Å². The monoisotopic (exact) mass is 569 g/mol. The van der Waals surface area contributed by atoms with E-state index in [-0.39, 0.29) is 18.1 Å². The number of likely N-dealkylation sites (tertiary alicyclic amines) is 1. The Morgan fingerprint density at radius 1 is 1.15 bits per heavy atom. The van der Waals surface area contributed by atoms with Crippen molar-refractivity contribution in [2.75, 3.05) is 32.6 Å². The van der Waals surface area contributed by atoms with Gasteiger partial charge < -0.3 is 24.4 Å². The molecule has 0 unspecified atom stereocenters. The Bertz CT molecular complexity index is 1700. The number of aromatic nitrogens is 7. The molecular weight excluding hydrogens is 548 g/mol. The molecule has 15 heteroatoms.